The first kappa shape index (κ1) is 9.70. The Morgan fingerprint density at radius 1 is 1.38 bits per heavy atom. The summed E-state index contributed by atoms with van der Waals surface area (Å²) in [6.07, 6.45) is 2.83. The first-order chi connectivity index (χ1) is 7.72. The second-order valence-corrected chi connectivity index (χ2v) is 4.77. The molecule has 3 rings (SSSR count). The summed E-state index contributed by atoms with van der Waals surface area (Å²) in [5.41, 5.74) is 2.09. The van der Waals surface area contributed by atoms with Crippen LogP contribution in [0.1, 0.15) is 38.4 Å². The fraction of sp³-hybridized carbons (Fsp3) is 0.462. The molecule has 1 saturated carbocycles. The summed E-state index contributed by atoms with van der Waals surface area (Å²) in [6, 6.07) is 6.09. The van der Waals surface area contributed by atoms with Gasteiger partial charge in [0, 0.05) is 12.0 Å². The maximum Gasteiger partial charge on any atom is 0.122 e. The molecule has 0 radical (unpaired) electrons. The number of nitrogens with one attached hydrogen (secondary N) is 1. The van der Waals surface area contributed by atoms with Crippen LogP contribution < -0.4 is 4.74 Å². The molecule has 0 amide bonds. The lowest BCUT2D eigenvalue weighted by Crippen LogP contribution is -1.95. The molecule has 1 aromatic heterocycles. The molecule has 0 atom stereocenters. The van der Waals surface area contributed by atoms with E-state index < -0.39 is 0 Å². The van der Waals surface area contributed by atoms with Gasteiger partial charge < -0.3 is 9.72 Å². The molecule has 0 aliphatic heterocycles. The van der Waals surface area contributed by atoms with E-state index in [0.717, 1.165) is 22.6 Å². The number of benzene rings is 1. The minimum atomic E-state index is 0.431. The Morgan fingerprint density at radius 3 is 2.88 bits per heavy atom. The number of nitrogens with zero attached hydrogens (tertiary/aromatic N) is 1. The Kier molecular flexibility index (Phi) is 2.13. The molecular formula is C13H16N2O. The van der Waals surface area contributed by atoms with Crippen LogP contribution in [-0.4, -0.2) is 16.1 Å². The van der Waals surface area contributed by atoms with Crippen LogP contribution in [0, 0.1) is 0 Å². The molecule has 0 bridgehead atoms. The molecule has 3 nitrogen and oxygen atoms in total. The molecule has 0 spiro atoms. The van der Waals surface area contributed by atoms with E-state index in [9.17, 15) is 0 Å². The van der Waals surface area contributed by atoms with Crippen molar-refractivity contribution in [2.75, 3.05) is 0 Å². The molecule has 1 aliphatic rings. The quantitative estimate of drug-likeness (QED) is 0.855. The number of imidazole rings is 1. The third-order valence-electron chi connectivity index (χ3n) is 2.85. The van der Waals surface area contributed by atoms with Crippen molar-refractivity contribution in [2.24, 2.45) is 0 Å². The Balaban J connectivity index is 1.96. The van der Waals surface area contributed by atoms with E-state index in [-0.39, 0.29) is 0 Å². The summed E-state index contributed by atoms with van der Waals surface area (Å²) in [7, 11) is 0. The average Bonchev–Trinajstić information content (AvgIpc) is 2.95. The van der Waals surface area contributed by atoms with Gasteiger partial charge >= 0.3 is 0 Å². The minimum absolute atomic E-state index is 0.431. The van der Waals surface area contributed by atoms with Crippen LogP contribution in [0.15, 0.2) is 18.2 Å². The van der Waals surface area contributed by atoms with E-state index in [1.165, 1.54) is 12.8 Å². The number of aromatic nitrogens is 2. The van der Waals surface area contributed by atoms with Crippen molar-refractivity contribution in [3.05, 3.63) is 24.0 Å². The summed E-state index contributed by atoms with van der Waals surface area (Å²) in [6.45, 7) is 4.28. The Hall–Kier alpha value is -1.51. The van der Waals surface area contributed by atoms with Gasteiger partial charge in [-0.2, -0.15) is 0 Å². The predicted octanol–water partition coefficient (Wildman–Crippen LogP) is 3.23. The fourth-order valence-electron chi connectivity index (χ4n) is 1.73. The molecule has 0 saturated heterocycles. The van der Waals surface area contributed by atoms with Crippen molar-refractivity contribution in [3.63, 3.8) is 0 Å². The van der Waals surface area contributed by atoms with E-state index >= 15 is 0 Å². The van der Waals surface area contributed by atoms with Gasteiger partial charge in [0.2, 0.25) is 0 Å². The molecule has 1 aromatic carbocycles. The molecule has 2 aromatic rings. The zero-order chi connectivity index (χ0) is 11.1. The number of rotatable bonds is 3. The highest BCUT2D eigenvalue weighted by Gasteiger charge is 2.23. The number of aromatic amines is 1. The molecule has 0 unspecified atom stereocenters. The predicted molar refractivity (Wildman–Crippen MR) is 63.8 cm³/mol. The van der Waals surface area contributed by atoms with Crippen LogP contribution in [0.2, 0.25) is 0 Å². The van der Waals surface area contributed by atoms with Gasteiger partial charge in [-0.15, -0.1) is 0 Å². The average molecular weight is 216 g/mol. The van der Waals surface area contributed by atoms with Crippen molar-refractivity contribution in [3.8, 4) is 5.75 Å². The number of ether oxygens (including phenoxy) is 1. The standard InChI is InChI=1S/C13H16N2O/c1-8(2)13-14-11-6-5-10(7-12(11)15-13)16-9-3-4-9/h5-9H,3-4H2,1-2H3,(H,14,15). The molecular weight excluding hydrogens is 200 g/mol. The molecule has 84 valence electrons. The fourth-order valence-corrected chi connectivity index (χ4v) is 1.73. The van der Waals surface area contributed by atoms with Gasteiger partial charge in [0.25, 0.3) is 0 Å². The van der Waals surface area contributed by atoms with Gasteiger partial charge in [-0.25, -0.2) is 4.98 Å². The van der Waals surface area contributed by atoms with Gasteiger partial charge in [-0.1, -0.05) is 13.8 Å². The summed E-state index contributed by atoms with van der Waals surface area (Å²) < 4.78 is 5.75. The minimum Gasteiger partial charge on any atom is -0.490 e. The summed E-state index contributed by atoms with van der Waals surface area (Å²) in [4.78, 5) is 7.89. The normalized spacial score (nSPS) is 15.9. The lowest BCUT2D eigenvalue weighted by atomic mass is 10.2. The first-order valence-electron chi connectivity index (χ1n) is 5.88. The van der Waals surface area contributed by atoms with Crippen molar-refractivity contribution >= 4 is 11.0 Å². The second-order valence-electron chi connectivity index (χ2n) is 4.77. The Labute approximate surface area is 94.8 Å². The smallest absolute Gasteiger partial charge is 0.122 e. The lowest BCUT2D eigenvalue weighted by Gasteiger charge is -2.02. The SMILES string of the molecule is CC(C)c1nc2cc(OC3CC3)ccc2[nH]1. The number of hydrogen-bond donors (Lipinski definition) is 1. The zero-order valence-electron chi connectivity index (χ0n) is 9.66. The van der Waals surface area contributed by atoms with Crippen molar-refractivity contribution < 1.29 is 4.74 Å². The van der Waals surface area contributed by atoms with E-state index in [1.807, 2.05) is 18.2 Å². The molecule has 3 heteroatoms. The van der Waals surface area contributed by atoms with Gasteiger partial charge in [-0.05, 0) is 25.0 Å². The monoisotopic (exact) mass is 216 g/mol. The van der Waals surface area contributed by atoms with Crippen LogP contribution in [-0.2, 0) is 0 Å². The molecule has 16 heavy (non-hydrogen) atoms. The first-order valence-corrected chi connectivity index (χ1v) is 5.88. The van der Waals surface area contributed by atoms with E-state index in [1.54, 1.807) is 0 Å². The molecule has 1 N–H and O–H groups in total. The number of H-pyrrole nitrogens is 1. The van der Waals surface area contributed by atoms with Gasteiger partial charge in [0.05, 0.1) is 17.1 Å². The summed E-state index contributed by atoms with van der Waals surface area (Å²) in [5.74, 6) is 2.41. The number of fused-ring (bicyclic) bond motifs is 1. The topological polar surface area (TPSA) is 37.9 Å². The van der Waals surface area contributed by atoms with Crippen LogP contribution in [0.4, 0.5) is 0 Å². The van der Waals surface area contributed by atoms with Gasteiger partial charge in [0.1, 0.15) is 11.6 Å². The lowest BCUT2D eigenvalue weighted by molar-refractivity contribution is 0.303. The zero-order valence-corrected chi connectivity index (χ0v) is 9.66. The highest BCUT2D eigenvalue weighted by atomic mass is 16.5. The summed E-state index contributed by atoms with van der Waals surface area (Å²) >= 11 is 0. The van der Waals surface area contributed by atoms with Crippen molar-refractivity contribution in [1.29, 1.82) is 0 Å². The van der Waals surface area contributed by atoms with Crippen LogP contribution in [0.5, 0.6) is 5.75 Å². The third kappa shape index (κ3) is 1.77. The molecule has 1 heterocycles. The van der Waals surface area contributed by atoms with E-state index in [4.69, 9.17) is 4.74 Å². The third-order valence-corrected chi connectivity index (χ3v) is 2.85. The van der Waals surface area contributed by atoms with E-state index in [0.29, 0.717) is 12.0 Å². The van der Waals surface area contributed by atoms with E-state index in [2.05, 4.69) is 23.8 Å². The van der Waals surface area contributed by atoms with Gasteiger partial charge in [0.15, 0.2) is 0 Å². The van der Waals surface area contributed by atoms with Crippen molar-refractivity contribution in [1.82, 2.24) is 9.97 Å². The van der Waals surface area contributed by atoms with Crippen molar-refractivity contribution in [2.45, 2.75) is 38.7 Å². The van der Waals surface area contributed by atoms with Crippen LogP contribution in [0.3, 0.4) is 0 Å². The van der Waals surface area contributed by atoms with Crippen LogP contribution in [0.25, 0.3) is 11.0 Å². The Morgan fingerprint density at radius 2 is 2.19 bits per heavy atom. The second kappa shape index (κ2) is 3.51. The maximum atomic E-state index is 5.75. The maximum absolute atomic E-state index is 5.75. The summed E-state index contributed by atoms with van der Waals surface area (Å²) in [5, 5.41) is 0. The largest absolute Gasteiger partial charge is 0.490 e. The van der Waals surface area contributed by atoms with Gasteiger partial charge in [-0.3, -0.25) is 0 Å². The Bertz CT molecular complexity index is 512. The highest BCUT2D eigenvalue weighted by Crippen LogP contribution is 2.28. The highest BCUT2D eigenvalue weighted by molar-refractivity contribution is 5.76. The molecule has 1 aliphatic carbocycles. The molecule has 1 fully saturated rings. The number of hydrogen-bond acceptors (Lipinski definition) is 2. The van der Waals surface area contributed by atoms with Crippen LogP contribution >= 0.6 is 0 Å².